The number of likely N-dealkylation sites (tertiary alicyclic amines) is 1. The molecule has 1 aliphatic heterocycles. The number of hydrogen-bond acceptors (Lipinski definition) is 4. The van der Waals surface area contributed by atoms with E-state index in [1.54, 1.807) is 10.9 Å². The van der Waals surface area contributed by atoms with Gasteiger partial charge in [-0.1, -0.05) is 6.42 Å². The normalized spacial score (nSPS) is 25.3. The van der Waals surface area contributed by atoms with Crippen molar-refractivity contribution in [3.8, 4) is 0 Å². The maximum absolute atomic E-state index is 12.3. The monoisotopic (exact) mass is 326 g/mol. The first-order valence-corrected chi connectivity index (χ1v) is 9.65. The fraction of sp³-hybridized carbons (Fsp3) is 0.800. The Hall–Kier alpha value is -0.920. The molecule has 1 atom stereocenters. The summed E-state index contributed by atoms with van der Waals surface area (Å²) in [4.78, 5) is 2.59. The molecule has 3 rings (SSSR count). The van der Waals surface area contributed by atoms with Crippen molar-refractivity contribution in [2.45, 2.75) is 56.5 Å². The number of aryl methyl sites for hydroxylation is 1. The van der Waals surface area contributed by atoms with Crippen LogP contribution < -0.4 is 4.72 Å². The first kappa shape index (κ1) is 16.0. The van der Waals surface area contributed by atoms with Gasteiger partial charge in [-0.2, -0.15) is 5.10 Å². The van der Waals surface area contributed by atoms with Crippen molar-refractivity contribution >= 4 is 10.0 Å². The molecule has 1 aliphatic carbocycles. The van der Waals surface area contributed by atoms with Crippen LogP contribution in [-0.4, -0.2) is 49.3 Å². The van der Waals surface area contributed by atoms with Crippen molar-refractivity contribution in [3.05, 3.63) is 12.4 Å². The van der Waals surface area contributed by atoms with Crippen molar-refractivity contribution in [1.29, 1.82) is 0 Å². The maximum Gasteiger partial charge on any atom is 0.243 e. The summed E-state index contributed by atoms with van der Waals surface area (Å²) in [5.74, 6) is 0. The minimum Gasteiger partial charge on any atom is -0.302 e. The van der Waals surface area contributed by atoms with Gasteiger partial charge in [-0.05, 0) is 45.1 Å². The van der Waals surface area contributed by atoms with Crippen molar-refractivity contribution in [2.75, 3.05) is 20.1 Å². The lowest BCUT2D eigenvalue weighted by atomic mass is 9.63. The molecule has 2 fully saturated rings. The lowest BCUT2D eigenvalue weighted by molar-refractivity contribution is 0.00385. The van der Waals surface area contributed by atoms with Crippen LogP contribution in [0.4, 0.5) is 0 Å². The van der Waals surface area contributed by atoms with Crippen LogP contribution in [0, 0.1) is 5.41 Å². The highest BCUT2D eigenvalue weighted by Gasteiger charge is 2.42. The molecule has 0 bridgehead atoms. The second-order valence-corrected chi connectivity index (χ2v) is 8.61. The molecule has 1 aromatic rings. The third-order valence-electron chi connectivity index (χ3n) is 5.38. The molecule has 0 aromatic carbocycles. The molecule has 1 N–H and O–H groups in total. The van der Waals surface area contributed by atoms with E-state index in [1.807, 2.05) is 6.92 Å². The van der Waals surface area contributed by atoms with Crippen LogP contribution in [0.1, 0.15) is 39.0 Å². The predicted molar refractivity (Wildman–Crippen MR) is 85.0 cm³/mol. The Morgan fingerprint density at radius 2 is 2.18 bits per heavy atom. The van der Waals surface area contributed by atoms with Crippen LogP contribution in [0.5, 0.6) is 0 Å². The Bertz CT molecular complexity index is 621. The number of nitrogens with one attached hydrogen (secondary N) is 1. The van der Waals surface area contributed by atoms with Gasteiger partial charge >= 0.3 is 0 Å². The van der Waals surface area contributed by atoms with E-state index in [4.69, 9.17) is 0 Å². The standard InChI is InChI=1S/C15H26N4O2S/c1-3-19-11-14(10-16-19)22(20,21)17-9-13-5-8-15(6-4-7-15)12-18(13)2/h10-11,13,17H,3-9,12H2,1-2H3. The van der Waals surface area contributed by atoms with Gasteiger partial charge in [0.05, 0.1) is 6.20 Å². The molecule has 0 amide bonds. The van der Waals surface area contributed by atoms with Crippen LogP contribution >= 0.6 is 0 Å². The van der Waals surface area contributed by atoms with E-state index in [9.17, 15) is 8.42 Å². The smallest absolute Gasteiger partial charge is 0.243 e. The summed E-state index contributed by atoms with van der Waals surface area (Å²) in [6, 6.07) is 0.294. The van der Waals surface area contributed by atoms with Crippen LogP contribution in [0.25, 0.3) is 0 Å². The first-order chi connectivity index (χ1) is 10.4. The minimum absolute atomic E-state index is 0.253. The van der Waals surface area contributed by atoms with Crippen LogP contribution in [0.2, 0.25) is 0 Å². The van der Waals surface area contributed by atoms with E-state index in [1.165, 1.54) is 31.9 Å². The van der Waals surface area contributed by atoms with E-state index in [2.05, 4.69) is 21.8 Å². The molecule has 1 aromatic heterocycles. The summed E-state index contributed by atoms with van der Waals surface area (Å²) in [5, 5.41) is 4.04. The minimum atomic E-state index is -3.45. The highest BCUT2D eigenvalue weighted by molar-refractivity contribution is 7.89. The van der Waals surface area contributed by atoms with Gasteiger partial charge in [0.2, 0.25) is 10.0 Å². The zero-order valence-electron chi connectivity index (χ0n) is 13.5. The van der Waals surface area contributed by atoms with Gasteiger partial charge in [-0.3, -0.25) is 4.68 Å². The van der Waals surface area contributed by atoms with Gasteiger partial charge in [0.1, 0.15) is 4.90 Å². The quantitative estimate of drug-likeness (QED) is 0.889. The number of rotatable bonds is 5. The molecule has 1 saturated heterocycles. The highest BCUT2D eigenvalue weighted by atomic mass is 32.2. The number of sulfonamides is 1. The molecule has 1 unspecified atom stereocenters. The summed E-state index contributed by atoms with van der Waals surface area (Å²) in [5.41, 5.74) is 0.534. The topological polar surface area (TPSA) is 67.2 Å². The van der Waals surface area contributed by atoms with Gasteiger partial charge in [-0.15, -0.1) is 0 Å². The van der Waals surface area contributed by atoms with Crippen LogP contribution in [0.15, 0.2) is 17.3 Å². The van der Waals surface area contributed by atoms with Gasteiger partial charge in [0, 0.05) is 31.9 Å². The molecule has 0 radical (unpaired) electrons. The summed E-state index contributed by atoms with van der Waals surface area (Å²) in [6.07, 6.45) is 9.34. The molecule has 7 heteroatoms. The number of nitrogens with zero attached hydrogens (tertiary/aromatic N) is 3. The van der Waals surface area contributed by atoms with Crippen molar-refractivity contribution in [3.63, 3.8) is 0 Å². The Morgan fingerprint density at radius 3 is 2.73 bits per heavy atom. The van der Waals surface area contributed by atoms with E-state index in [0.29, 0.717) is 24.5 Å². The fourth-order valence-corrected chi connectivity index (χ4v) is 4.74. The van der Waals surface area contributed by atoms with E-state index < -0.39 is 10.0 Å². The molecule has 1 spiro atoms. The number of likely N-dealkylation sites (N-methyl/N-ethyl adjacent to an activating group) is 1. The third kappa shape index (κ3) is 3.07. The highest BCUT2D eigenvalue weighted by Crippen LogP contribution is 2.48. The van der Waals surface area contributed by atoms with E-state index in [0.717, 1.165) is 13.0 Å². The second-order valence-electron chi connectivity index (χ2n) is 6.84. The molecule has 6 nitrogen and oxygen atoms in total. The van der Waals surface area contributed by atoms with Gasteiger partial charge < -0.3 is 4.90 Å². The van der Waals surface area contributed by atoms with Crippen LogP contribution in [-0.2, 0) is 16.6 Å². The summed E-state index contributed by atoms with van der Waals surface area (Å²) >= 11 is 0. The molecule has 22 heavy (non-hydrogen) atoms. The first-order valence-electron chi connectivity index (χ1n) is 8.16. The summed E-state index contributed by atoms with van der Waals surface area (Å²) in [6.45, 7) is 4.19. The predicted octanol–water partition coefficient (Wildman–Crippen LogP) is 1.45. The molecule has 2 aliphatic rings. The van der Waals surface area contributed by atoms with E-state index >= 15 is 0 Å². The van der Waals surface area contributed by atoms with Crippen molar-refractivity contribution in [2.24, 2.45) is 5.41 Å². The Kier molecular flexibility index (Phi) is 4.31. The Labute approximate surface area is 132 Å². The Morgan fingerprint density at radius 1 is 1.41 bits per heavy atom. The number of aromatic nitrogens is 2. The second kappa shape index (κ2) is 5.94. The maximum atomic E-state index is 12.3. The largest absolute Gasteiger partial charge is 0.302 e. The molecular formula is C15H26N4O2S. The zero-order chi connectivity index (χ0) is 15.8. The summed E-state index contributed by atoms with van der Waals surface area (Å²) in [7, 11) is -1.33. The lowest BCUT2D eigenvalue weighted by Gasteiger charge is -2.51. The molecule has 1 saturated carbocycles. The van der Waals surface area contributed by atoms with Gasteiger partial charge in [0.25, 0.3) is 0 Å². The Balaban J connectivity index is 1.57. The molecule has 2 heterocycles. The van der Waals surface area contributed by atoms with Crippen LogP contribution in [0.3, 0.4) is 0 Å². The number of piperidine rings is 1. The average molecular weight is 326 g/mol. The van der Waals surface area contributed by atoms with E-state index in [-0.39, 0.29) is 4.90 Å². The number of hydrogen-bond donors (Lipinski definition) is 1. The summed E-state index contributed by atoms with van der Waals surface area (Å²) < 4.78 is 29.0. The average Bonchev–Trinajstić information content (AvgIpc) is 2.94. The lowest BCUT2D eigenvalue weighted by Crippen LogP contribution is -2.53. The third-order valence-corrected chi connectivity index (χ3v) is 6.76. The molecule has 124 valence electrons. The van der Waals surface area contributed by atoms with Gasteiger partial charge in [-0.25, -0.2) is 13.1 Å². The fourth-order valence-electron chi connectivity index (χ4n) is 3.72. The van der Waals surface area contributed by atoms with Crippen molar-refractivity contribution < 1.29 is 8.42 Å². The molecular weight excluding hydrogens is 300 g/mol. The zero-order valence-corrected chi connectivity index (χ0v) is 14.3. The van der Waals surface area contributed by atoms with Gasteiger partial charge in [0.15, 0.2) is 0 Å². The van der Waals surface area contributed by atoms with Crippen molar-refractivity contribution in [1.82, 2.24) is 19.4 Å². The SMILES string of the molecule is CCn1cc(S(=O)(=O)NCC2CCC3(CCC3)CN2C)cn1.